The van der Waals surface area contributed by atoms with Crippen LogP contribution >= 0.6 is 0 Å². The second-order valence-corrected chi connectivity index (χ2v) is 3.00. The molecule has 1 N–H and O–H groups in total. The van der Waals surface area contributed by atoms with E-state index in [0.717, 1.165) is 0 Å². The SMILES string of the molecule is CC(C)(C#N)/C(=N/O)n1cncn1. The zero-order valence-corrected chi connectivity index (χ0v) is 7.34. The molecule has 0 atom stereocenters. The van der Waals surface area contributed by atoms with Crippen LogP contribution in [0.2, 0.25) is 0 Å². The number of nitrogens with zero attached hydrogens (tertiary/aromatic N) is 5. The monoisotopic (exact) mass is 179 g/mol. The Bertz CT molecular complexity index is 345. The number of nitriles is 1. The molecule has 6 nitrogen and oxygen atoms in total. The second kappa shape index (κ2) is 3.23. The molecular formula is C7H9N5O. The first-order chi connectivity index (χ1) is 6.11. The van der Waals surface area contributed by atoms with Crippen molar-refractivity contribution in [3.05, 3.63) is 12.7 Å². The van der Waals surface area contributed by atoms with E-state index in [0.29, 0.717) is 0 Å². The molecule has 1 aromatic heterocycles. The van der Waals surface area contributed by atoms with E-state index in [9.17, 15) is 0 Å². The molecular weight excluding hydrogens is 170 g/mol. The molecule has 0 unspecified atom stereocenters. The van der Waals surface area contributed by atoms with Gasteiger partial charge in [0.25, 0.3) is 0 Å². The summed E-state index contributed by atoms with van der Waals surface area (Å²) >= 11 is 0. The van der Waals surface area contributed by atoms with Gasteiger partial charge in [-0.3, -0.25) is 0 Å². The van der Waals surface area contributed by atoms with Gasteiger partial charge in [0, 0.05) is 0 Å². The predicted octanol–water partition coefficient (Wildman–Crippen LogP) is 0.464. The third kappa shape index (κ3) is 1.64. The zero-order chi connectivity index (χ0) is 9.90. The van der Waals surface area contributed by atoms with E-state index in [1.54, 1.807) is 13.8 Å². The summed E-state index contributed by atoms with van der Waals surface area (Å²) in [5, 5.41) is 24.3. The Morgan fingerprint density at radius 2 is 2.38 bits per heavy atom. The summed E-state index contributed by atoms with van der Waals surface area (Å²) in [6, 6.07) is 2.00. The lowest BCUT2D eigenvalue weighted by Gasteiger charge is -2.15. The van der Waals surface area contributed by atoms with Crippen molar-refractivity contribution in [2.24, 2.45) is 10.6 Å². The molecule has 68 valence electrons. The number of oxime groups is 1. The smallest absolute Gasteiger partial charge is 0.190 e. The van der Waals surface area contributed by atoms with Crippen molar-refractivity contribution in [3.63, 3.8) is 0 Å². The Labute approximate surface area is 75.1 Å². The Hall–Kier alpha value is -1.90. The topological polar surface area (TPSA) is 87.1 Å². The third-order valence-corrected chi connectivity index (χ3v) is 1.57. The van der Waals surface area contributed by atoms with Crippen LogP contribution in [0.1, 0.15) is 13.8 Å². The average Bonchev–Trinajstić information content (AvgIpc) is 2.58. The van der Waals surface area contributed by atoms with Gasteiger partial charge in [-0.2, -0.15) is 10.4 Å². The standard InChI is InChI=1S/C7H9N5O/c1-7(2,3-8)6(11-13)12-5-9-4-10-12/h4-5,13H,1-2H3/b11-6-. The lowest BCUT2D eigenvalue weighted by molar-refractivity contribution is 0.309. The summed E-state index contributed by atoms with van der Waals surface area (Å²) in [7, 11) is 0. The van der Waals surface area contributed by atoms with Crippen LogP contribution in [0.4, 0.5) is 0 Å². The molecule has 0 aromatic carbocycles. The molecule has 0 saturated heterocycles. The van der Waals surface area contributed by atoms with E-state index in [1.807, 2.05) is 6.07 Å². The van der Waals surface area contributed by atoms with Crippen LogP contribution in [0, 0.1) is 16.7 Å². The molecule has 0 fully saturated rings. The first kappa shape index (κ1) is 9.19. The van der Waals surface area contributed by atoms with E-state index < -0.39 is 5.41 Å². The predicted molar refractivity (Wildman–Crippen MR) is 44.0 cm³/mol. The van der Waals surface area contributed by atoms with Gasteiger partial charge in [0.1, 0.15) is 18.1 Å². The van der Waals surface area contributed by atoms with E-state index >= 15 is 0 Å². The molecule has 0 aliphatic rings. The maximum atomic E-state index is 8.79. The lowest BCUT2D eigenvalue weighted by atomic mass is 9.94. The summed E-state index contributed by atoms with van der Waals surface area (Å²) in [5.74, 6) is 0.146. The van der Waals surface area contributed by atoms with Gasteiger partial charge < -0.3 is 5.21 Å². The molecule has 0 aliphatic carbocycles. The van der Waals surface area contributed by atoms with Crippen molar-refractivity contribution in [2.75, 3.05) is 0 Å². The van der Waals surface area contributed by atoms with Crippen molar-refractivity contribution >= 4 is 5.84 Å². The van der Waals surface area contributed by atoms with Crippen LogP contribution in [0.25, 0.3) is 0 Å². The maximum Gasteiger partial charge on any atom is 0.190 e. The van der Waals surface area contributed by atoms with Crippen molar-refractivity contribution in [2.45, 2.75) is 13.8 Å². The number of hydrogen-bond donors (Lipinski definition) is 1. The minimum atomic E-state index is -0.900. The highest BCUT2D eigenvalue weighted by molar-refractivity contribution is 5.90. The Morgan fingerprint density at radius 1 is 1.69 bits per heavy atom. The van der Waals surface area contributed by atoms with Crippen molar-refractivity contribution in [1.29, 1.82) is 5.26 Å². The fourth-order valence-corrected chi connectivity index (χ4v) is 0.825. The summed E-state index contributed by atoms with van der Waals surface area (Å²) in [4.78, 5) is 3.69. The number of aromatic nitrogens is 3. The number of rotatable bonds is 1. The van der Waals surface area contributed by atoms with E-state index in [2.05, 4.69) is 15.2 Å². The lowest BCUT2D eigenvalue weighted by Crippen LogP contribution is -2.29. The van der Waals surface area contributed by atoms with Crippen LogP contribution in [-0.2, 0) is 0 Å². The van der Waals surface area contributed by atoms with Gasteiger partial charge in [0.15, 0.2) is 5.84 Å². The van der Waals surface area contributed by atoms with Crippen LogP contribution < -0.4 is 0 Å². The fourth-order valence-electron chi connectivity index (χ4n) is 0.825. The molecule has 0 amide bonds. The summed E-state index contributed by atoms with van der Waals surface area (Å²) in [6.45, 7) is 3.26. The first-order valence-corrected chi connectivity index (χ1v) is 3.60. The van der Waals surface area contributed by atoms with E-state index in [-0.39, 0.29) is 5.84 Å². The molecule has 1 aromatic rings. The van der Waals surface area contributed by atoms with Crippen molar-refractivity contribution < 1.29 is 5.21 Å². The highest BCUT2D eigenvalue weighted by Crippen LogP contribution is 2.16. The van der Waals surface area contributed by atoms with Gasteiger partial charge in [-0.05, 0) is 13.8 Å². The van der Waals surface area contributed by atoms with Crippen molar-refractivity contribution in [3.8, 4) is 6.07 Å². The largest absolute Gasteiger partial charge is 0.409 e. The van der Waals surface area contributed by atoms with E-state index in [1.165, 1.54) is 17.3 Å². The van der Waals surface area contributed by atoms with Crippen LogP contribution in [-0.4, -0.2) is 25.8 Å². The molecule has 0 radical (unpaired) electrons. The quantitative estimate of drug-likeness (QED) is 0.293. The molecule has 13 heavy (non-hydrogen) atoms. The third-order valence-electron chi connectivity index (χ3n) is 1.57. The van der Waals surface area contributed by atoms with Gasteiger partial charge in [0.05, 0.1) is 6.07 Å². The Balaban J connectivity index is 3.10. The normalized spacial score (nSPS) is 12.5. The van der Waals surface area contributed by atoms with E-state index in [4.69, 9.17) is 10.5 Å². The number of hydrogen-bond acceptors (Lipinski definition) is 5. The van der Waals surface area contributed by atoms with Crippen LogP contribution in [0.3, 0.4) is 0 Å². The summed E-state index contributed by atoms with van der Waals surface area (Å²) in [6.07, 6.45) is 2.67. The zero-order valence-electron chi connectivity index (χ0n) is 7.34. The Morgan fingerprint density at radius 3 is 2.77 bits per heavy atom. The van der Waals surface area contributed by atoms with Gasteiger partial charge in [0.2, 0.25) is 0 Å². The van der Waals surface area contributed by atoms with Crippen molar-refractivity contribution in [1.82, 2.24) is 14.8 Å². The molecule has 1 rings (SSSR count). The summed E-state index contributed by atoms with van der Waals surface area (Å²) < 4.78 is 1.25. The van der Waals surface area contributed by atoms with Gasteiger partial charge in [-0.15, -0.1) is 0 Å². The molecule has 0 bridgehead atoms. The molecule has 0 aliphatic heterocycles. The molecule has 0 saturated carbocycles. The highest BCUT2D eigenvalue weighted by atomic mass is 16.4. The van der Waals surface area contributed by atoms with Gasteiger partial charge in [-0.25, -0.2) is 9.67 Å². The van der Waals surface area contributed by atoms with Gasteiger partial charge >= 0.3 is 0 Å². The first-order valence-electron chi connectivity index (χ1n) is 3.60. The minimum absolute atomic E-state index is 0.146. The fraction of sp³-hybridized carbons (Fsp3) is 0.429. The maximum absolute atomic E-state index is 8.79. The van der Waals surface area contributed by atoms with Crippen LogP contribution in [0.5, 0.6) is 0 Å². The average molecular weight is 179 g/mol. The molecule has 0 spiro atoms. The highest BCUT2D eigenvalue weighted by Gasteiger charge is 2.27. The van der Waals surface area contributed by atoms with Crippen LogP contribution in [0.15, 0.2) is 17.8 Å². The minimum Gasteiger partial charge on any atom is -0.409 e. The second-order valence-electron chi connectivity index (χ2n) is 3.00. The molecule has 6 heteroatoms. The summed E-state index contributed by atoms with van der Waals surface area (Å²) in [5.41, 5.74) is -0.900. The Kier molecular flexibility index (Phi) is 2.28. The molecule has 1 heterocycles. The van der Waals surface area contributed by atoms with Gasteiger partial charge in [-0.1, -0.05) is 5.16 Å².